The van der Waals surface area contributed by atoms with Crippen molar-refractivity contribution in [2.45, 2.75) is 26.3 Å². The monoisotopic (exact) mass is 412 g/mol. The van der Waals surface area contributed by atoms with Crippen LogP contribution in [-0.2, 0) is 9.59 Å². The summed E-state index contributed by atoms with van der Waals surface area (Å²) in [6, 6.07) is 6.44. The Morgan fingerprint density at radius 1 is 1.52 bits per heavy atom. The molecule has 2 atom stereocenters. The van der Waals surface area contributed by atoms with E-state index >= 15 is 0 Å². The average Bonchev–Trinajstić information content (AvgIpc) is 2.75. The Morgan fingerprint density at radius 3 is 2.78 bits per heavy atom. The van der Waals surface area contributed by atoms with Crippen LogP contribution in [-0.4, -0.2) is 27.1 Å². The van der Waals surface area contributed by atoms with Crippen LogP contribution in [0, 0.1) is 5.92 Å². The topological polar surface area (TPSA) is 60.4 Å². The van der Waals surface area contributed by atoms with Crippen LogP contribution in [0.15, 0.2) is 33.6 Å². The molecular formula is C16H15BrNO3S2-. The first-order valence-corrected chi connectivity index (χ1v) is 9.10. The van der Waals surface area contributed by atoms with Crippen LogP contribution in [0.5, 0.6) is 0 Å². The lowest BCUT2D eigenvalue weighted by Crippen LogP contribution is -2.53. The molecule has 1 aliphatic rings. The third-order valence-corrected chi connectivity index (χ3v) is 5.50. The number of amides is 1. The minimum Gasteiger partial charge on any atom is -0.548 e. The third kappa shape index (κ3) is 4.02. The first kappa shape index (κ1) is 18.2. The number of rotatable bonds is 5. The lowest BCUT2D eigenvalue weighted by atomic mass is 9.98. The Balaban J connectivity index is 2.34. The third-order valence-electron chi connectivity index (χ3n) is 3.67. The Labute approximate surface area is 153 Å². The summed E-state index contributed by atoms with van der Waals surface area (Å²) >= 11 is 9.72. The van der Waals surface area contributed by atoms with E-state index in [0.717, 1.165) is 21.8 Å². The van der Waals surface area contributed by atoms with Crippen molar-refractivity contribution < 1.29 is 14.7 Å². The lowest BCUT2D eigenvalue weighted by Gasteiger charge is -2.32. The number of carboxylic acids is 1. The van der Waals surface area contributed by atoms with Crippen LogP contribution < -0.4 is 5.11 Å². The zero-order valence-corrected chi connectivity index (χ0v) is 15.8. The molecule has 0 aromatic heterocycles. The molecule has 0 spiro atoms. The van der Waals surface area contributed by atoms with Gasteiger partial charge in [-0.15, -0.1) is 0 Å². The van der Waals surface area contributed by atoms with E-state index in [0.29, 0.717) is 11.3 Å². The number of thioether (sulfide) groups is 1. The molecule has 0 aliphatic carbocycles. The van der Waals surface area contributed by atoms with Crippen LogP contribution in [0.25, 0.3) is 6.08 Å². The highest BCUT2D eigenvalue weighted by Gasteiger charge is 2.39. The van der Waals surface area contributed by atoms with Crippen LogP contribution in [0.1, 0.15) is 25.8 Å². The van der Waals surface area contributed by atoms with Crippen molar-refractivity contribution in [1.29, 1.82) is 0 Å². The fraction of sp³-hybridized carbons (Fsp3) is 0.312. The SMILES string of the molecule is CC[C@@H](C)[C@H](C(=O)[O-])N1C(=O)/C(=C/c2cccc(Br)c2)SC1=S. The maximum absolute atomic E-state index is 12.6. The summed E-state index contributed by atoms with van der Waals surface area (Å²) in [5, 5.41) is 11.5. The fourth-order valence-corrected chi connectivity index (χ4v) is 4.03. The first-order valence-electron chi connectivity index (χ1n) is 7.08. The Morgan fingerprint density at radius 2 is 2.22 bits per heavy atom. The quantitative estimate of drug-likeness (QED) is 0.549. The number of aliphatic carboxylic acids is 1. The molecule has 0 N–H and O–H groups in total. The van der Waals surface area contributed by atoms with Crippen molar-refractivity contribution in [1.82, 2.24) is 4.90 Å². The van der Waals surface area contributed by atoms with Crippen molar-refractivity contribution in [3.63, 3.8) is 0 Å². The van der Waals surface area contributed by atoms with Gasteiger partial charge in [0.25, 0.3) is 5.91 Å². The molecule has 0 radical (unpaired) electrons. The lowest BCUT2D eigenvalue weighted by molar-refractivity contribution is -0.311. The van der Waals surface area contributed by atoms with Gasteiger partial charge >= 0.3 is 0 Å². The molecule has 2 rings (SSSR count). The van der Waals surface area contributed by atoms with E-state index in [1.807, 2.05) is 31.2 Å². The fourth-order valence-electron chi connectivity index (χ4n) is 2.28. The van der Waals surface area contributed by atoms with Gasteiger partial charge in [-0.25, -0.2) is 0 Å². The number of halogens is 1. The van der Waals surface area contributed by atoms with E-state index in [9.17, 15) is 14.7 Å². The van der Waals surface area contributed by atoms with Gasteiger partial charge in [-0.05, 0) is 29.7 Å². The van der Waals surface area contributed by atoms with Crippen molar-refractivity contribution in [3.8, 4) is 0 Å². The molecule has 1 aromatic rings. The number of carboxylic acid groups (broad SMARTS) is 1. The molecule has 1 saturated heterocycles. The molecule has 1 fully saturated rings. The number of benzene rings is 1. The highest BCUT2D eigenvalue weighted by molar-refractivity contribution is 9.10. The maximum Gasteiger partial charge on any atom is 0.266 e. The zero-order valence-electron chi connectivity index (χ0n) is 12.6. The molecule has 7 heteroatoms. The Kier molecular flexibility index (Phi) is 6.00. The number of carbonyl (C=O) groups excluding carboxylic acids is 2. The molecule has 0 unspecified atom stereocenters. The minimum atomic E-state index is -1.28. The summed E-state index contributed by atoms with van der Waals surface area (Å²) in [5.41, 5.74) is 0.841. The average molecular weight is 413 g/mol. The molecule has 1 aliphatic heterocycles. The number of thiocarbonyl (C=S) groups is 1. The van der Waals surface area contributed by atoms with Crippen molar-refractivity contribution in [3.05, 3.63) is 39.2 Å². The highest BCUT2D eigenvalue weighted by atomic mass is 79.9. The first-order chi connectivity index (χ1) is 10.8. The Bertz CT molecular complexity index is 690. The number of hydrogen-bond acceptors (Lipinski definition) is 5. The summed E-state index contributed by atoms with van der Waals surface area (Å²) in [5.74, 6) is -1.90. The summed E-state index contributed by atoms with van der Waals surface area (Å²) in [6.45, 7) is 3.65. The van der Waals surface area contributed by atoms with Gasteiger partial charge in [0.2, 0.25) is 0 Å². The second kappa shape index (κ2) is 7.59. The molecule has 4 nitrogen and oxygen atoms in total. The van der Waals surface area contributed by atoms with Gasteiger partial charge in [-0.3, -0.25) is 9.69 Å². The molecule has 1 aromatic carbocycles. The number of nitrogens with zero attached hydrogens (tertiary/aromatic N) is 1. The van der Waals surface area contributed by atoms with Crippen LogP contribution in [0.2, 0.25) is 0 Å². The van der Waals surface area contributed by atoms with Crippen molar-refractivity contribution >= 4 is 62.2 Å². The zero-order chi connectivity index (χ0) is 17.1. The summed E-state index contributed by atoms with van der Waals surface area (Å²) < 4.78 is 1.15. The van der Waals surface area contributed by atoms with Gasteiger partial charge in [-0.2, -0.15) is 0 Å². The highest BCUT2D eigenvalue weighted by Crippen LogP contribution is 2.35. The maximum atomic E-state index is 12.6. The van der Waals surface area contributed by atoms with E-state index in [4.69, 9.17) is 12.2 Å². The van der Waals surface area contributed by atoms with Crippen LogP contribution in [0.3, 0.4) is 0 Å². The summed E-state index contributed by atoms with van der Waals surface area (Å²) in [7, 11) is 0. The molecule has 122 valence electrons. The standard InChI is InChI=1S/C16H16BrNO3S2/c1-3-9(2)13(15(20)21)18-14(19)12(23-16(18)22)8-10-5-4-6-11(17)7-10/h4-9,13H,3H2,1-2H3,(H,20,21)/p-1/b12-8-/t9-,13-/m1/s1. The van der Waals surface area contributed by atoms with Gasteiger partial charge in [0.1, 0.15) is 4.32 Å². The van der Waals surface area contributed by atoms with Crippen LogP contribution in [0.4, 0.5) is 0 Å². The molecule has 0 saturated carbocycles. The number of carbonyl (C=O) groups is 2. The van der Waals surface area contributed by atoms with Crippen LogP contribution >= 0.6 is 39.9 Å². The van der Waals surface area contributed by atoms with Gasteiger partial charge < -0.3 is 9.90 Å². The predicted octanol–water partition coefficient (Wildman–Crippen LogP) is 2.81. The predicted molar refractivity (Wildman–Crippen MR) is 97.4 cm³/mol. The second-order valence-electron chi connectivity index (χ2n) is 5.26. The van der Waals surface area contributed by atoms with Gasteiger partial charge in [0, 0.05) is 4.47 Å². The largest absolute Gasteiger partial charge is 0.548 e. The van der Waals surface area contributed by atoms with Gasteiger partial charge in [0.15, 0.2) is 0 Å². The van der Waals surface area contributed by atoms with E-state index in [-0.39, 0.29) is 16.1 Å². The summed E-state index contributed by atoms with van der Waals surface area (Å²) in [4.78, 5) is 25.7. The van der Waals surface area contributed by atoms with Gasteiger partial charge in [-0.1, -0.05) is 72.3 Å². The van der Waals surface area contributed by atoms with E-state index in [2.05, 4.69) is 15.9 Å². The number of hydrogen-bond donors (Lipinski definition) is 0. The molecule has 23 heavy (non-hydrogen) atoms. The van der Waals surface area contributed by atoms with Gasteiger partial charge in [0.05, 0.1) is 16.9 Å². The van der Waals surface area contributed by atoms with Crippen molar-refractivity contribution in [2.24, 2.45) is 5.92 Å². The summed E-state index contributed by atoms with van der Waals surface area (Å²) in [6.07, 6.45) is 2.33. The normalized spacial score (nSPS) is 19.3. The smallest absolute Gasteiger partial charge is 0.266 e. The van der Waals surface area contributed by atoms with Crippen molar-refractivity contribution in [2.75, 3.05) is 0 Å². The van der Waals surface area contributed by atoms with E-state index < -0.39 is 12.0 Å². The van der Waals surface area contributed by atoms with E-state index in [1.165, 1.54) is 4.90 Å². The minimum absolute atomic E-state index is 0.243. The molecule has 0 bridgehead atoms. The second-order valence-corrected chi connectivity index (χ2v) is 7.85. The Hall–Kier alpha value is -1.18. The molecular weight excluding hydrogens is 398 g/mol. The molecule has 1 heterocycles. The molecule has 1 amide bonds. The van der Waals surface area contributed by atoms with E-state index in [1.54, 1.807) is 13.0 Å².